The summed E-state index contributed by atoms with van der Waals surface area (Å²) >= 11 is 6.26. The Morgan fingerprint density at radius 3 is 2.42 bits per heavy atom. The second kappa shape index (κ2) is 7.18. The van der Waals surface area contributed by atoms with Gasteiger partial charge in [0.2, 0.25) is 0 Å². The average molecular weight is 366 g/mol. The highest BCUT2D eigenvalue weighted by Gasteiger charge is 2.17. The number of H-pyrrole nitrogens is 1. The minimum atomic E-state index is -0.480. The molecule has 4 aromatic rings. The fraction of sp³-hybridized carbons (Fsp3) is 0.0952. The standard InChI is InChI=1S/C21H17ClFN3/c22-18-16(15-9-5-2-6-10-15)13-17-20(19(18)23)25-26-21(17)24-12-11-14-7-3-1-4-8-14/h1-10,13H,11-12H2,(H2,24,25,26). The summed E-state index contributed by atoms with van der Waals surface area (Å²) in [6.45, 7) is 0.703. The van der Waals surface area contributed by atoms with Crippen LogP contribution in [0.15, 0.2) is 66.7 Å². The Labute approximate surface area is 155 Å². The predicted molar refractivity (Wildman–Crippen MR) is 105 cm³/mol. The Kier molecular flexibility index (Phi) is 4.59. The fourth-order valence-electron chi connectivity index (χ4n) is 3.03. The highest BCUT2D eigenvalue weighted by atomic mass is 35.5. The van der Waals surface area contributed by atoms with Crippen molar-refractivity contribution in [3.8, 4) is 11.1 Å². The maximum atomic E-state index is 14.7. The minimum absolute atomic E-state index is 0.100. The number of halogens is 2. The Balaban J connectivity index is 1.65. The number of fused-ring (bicyclic) bond motifs is 1. The molecule has 1 aromatic heterocycles. The normalized spacial score (nSPS) is 11.0. The first-order chi connectivity index (χ1) is 12.7. The number of nitrogens with zero attached hydrogens (tertiary/aromatic N) is 1. The van der Waals surface area contributed by atoms with Crippen LogP contribution in [0.1, 0.15) is 5.56 Å². The van der Waals surface area contributed by atoms with E-state index < -0.39 is 5.82 Å². The first kappa shape index (κ1) is 16.6. The molecule has 0 saturated carbocycles. The largest absolute Gasteiger partial charge is 0.368 e. The summed E-state index contributed by atoms with van der Waals surface area (Å²) in [5.74, 6) is 0.148. The molecule has 2 N–H and O–H groups in total. The lowest BCUT2D eigenvalue weighted by Crippen LogP contribution is -2.05. The van der Waals surface area contributed by atoms with Gasteiger partial charge in [0.1, 0.15) is 5.52 Å². The van der Waals surface area contributed by atoms with Crippen LogP contribution in [0.2, 0.25) is 5.02 Å². The van der Waals surface area contributed by atoms with Gasteiger partial charge >= 0.3 is 0 Å². The molecular formula is C21H17ClFN3. The van der Waals surface area contributed by atoms with Gasteiger partial charge in [0.25, 0.3) is 0 Å². The SMILES string of the molecule is Fc1c(Cl)c(-c2ccccc2)cc2c(NCCc3ccccc3)n[nH]c12. The Morgan fingerprint density at radius 1 is 1.00 bits per heavy atom. The van der Waals surface area contributed by atoms with Gasteiger partial charge in [-0.1, -0.05) is 72.3 Å². The van der Waals surface area contributed by atoms with Gasteiger partial charge in [-0.2, -0.15) is 5.10 Å². The smallest absolute Gasteiger partial charge is 0.168 e. The molecule has 0 aliphatic heterocycles. The van der Waals surface area contributed by atoms with E-state index in [9.17, 15) is 4.39 Å². The quantitative estimate of drug-likeness (QED) is 0.478. The third-order valence-corrected chi connectivity index (χ3v) is 4.74. The zero-order valence-electron chi connectivity index (χ0n) is 14.0. The van der Waals surface area contributed by atoms with E-state index in [4.69, 9.17) is 11.6 Å². The van der Waals surface area contributed by atoms with Gasteiger partial charge in [-0.3, -0.25) is 5.10 Å². The first-order valence-electron chi connectivity index (χ1n) is 8.43. The maximum absolute atomic E-state index is 14.7. The van der Waals surface area contributed by atoms with Crippen LogP contribution in [0.3, 0.4) is 0 Å². The molecule has 26 heavy (non-hydrogen) atoms. The van der Waals surface area contributed by atoms with Crippen molar-refractivity contribution in [2.24, 2.45) is 0 Å². The van der Waals surface area contributed by atoms with E-state index >= 15 is 0 Å². The second-order valence-corrected chi connectivity index (χ2v) is 6.45. The summed E-state index contributed by atoms with van der Waals surface area (Å²) in [5, 5.41) is 11.1. The molecule has 0 radical (unpaired) electrons. The molecule has 5 heteroatoms. The number of anilines is 1. The lowest BCUT2D eigenvalue weighted by Gasteiger charge is -2.08. The molecule has 0 atom stereocenters. The van der Waals surface area contributed by atoms with Crippen LogP contribution >= 0.6 is 11.6 Å². The highest BCUT2D eigenvalue weighted by molar-refractivity contribution is 6.34. The molecule has 0 bridgehead atoms. The highest BCUT2D eigenvalue weighted by Crippen LogP contribution is 2.36. The van der Waals surface area contributed by atoms with Crippen LogP contribution in [0, 0.1) is 5.82 Å². The monoisotopic (exact) mass is 365 g/mol. The van der Waals surface area contributed by atoms with E-state index in [-0.39, 0.29) is 5.02 Å². The number of nitrogens with one attached hydrogen (secondary N) is 2. The summed E-state index contributed by atoms with van der Waals surface area (Å²) in [7, 11) is 0. The molecule has 1 heterocycles. The number of benzene rings is 3. The van der Waals surface area contributed by atoms with Crippen LogP contribution in [0.4, 0.5) is 10.2 Å². The molecular weight excluding hydrogens is 349 g/mol. The molecule has 4 rings (SSSR count). The molecule has 130 valence electrons. The van der Waals surface area contributed by atoms with Gasteiger partial charge in [0.15, 0.2) is 11.6 Å². The molecule has 3 nitrogen and oxygen atoms in total. The van der Waals surface area contributed by atoms with Crippen molar-refractivity contribution in [1.82, 2.24) is 10.2 Å². The average Bonchev–Trinajstić information content (AvgIpc) is 3.09. The maximum Gasteiger partial charge on any atom is 0.168 e. The number of rotatable bonds is 5. The van der Waals surface area contributed by atoms with E-state index in [0.29, 0.717) is 28.8 Å². The molecule has 0 amide bonds. The van der Waals surface area contributed by atoms with E-state index in [1.54, 1.807) is 0 Å². The van der Waals surface area contributed by atoms with Crippen molar-refractivity contribution in [3.63, 3.8) is 0 Å². The number of hydrogen-bond acceptors (Lipinski definition) is 2. The van der Waals surface area contributed by atoms with Crippen molar-refractivity contribution in [3.05, 3.63) is 83.1 Å². The molecule has 0 unspecified atom stereocenters. The van der Waals surface area contributed by atoms with E-state index in [1.807, 2.05) is 54.6 Å². The summed E-state index contributed by atoms with van der Waals surface area (Å²) < 4.78 is 14.7. The first-order valence-corrected chi connectivity index (χ1v) is 8.81. The number of hydrogen-bond donors (Lipinski definition) is 2. The molecule has 0 aliphatic rings. The Bertz CT molecular complexity index is 1030. The van der Waals surface area contributed by atoms with Gasteiger partial charge in [-0.25, -0.2) is 4.39 Å². The van der Waals surface area contributed by atoms with E-state index in [0.717, 1.165) is 12.0 Å². The minimum Gasteiger partial charge on any atom is -0.368 e. The summed E-state index contributed by atoms with van der Waals surface area (Å²) in [4.78, 5) is 0. The van der Waals surface area contributed by atoms with Gasteiger partial charge < -0.3 is 5.32 Å². The predicted octanol–water partition coefficient (Wildman–Crippen LogP) is 5.68. The van der Waals surface area contributed by atoms with E-state index in [1.165, 1.54) is 5.56 Å². The third-order valence-electron chi connectivity index (χ3n) is 4.38. The van der Waals surface area contributed by atoms with Crippen LogP contribution in [-0.2, 0) is 6.42 Å². The second-order valence-electron chi connectivity index (χ2n) is 6.08. The van der Waals surface area contributed by atoms with Gasteiger partial charge in [0.05, 0.1) is 5.02 Å². The van der Waals surface area contributed by atoms with Crippen molar-refractivity contribution in [2.45, 2.75) is 6.42 Å². The zero-order valence-corrected chi connectivity index (χ0v) is 14.7. The Hall–Kier alpha value is -2.85. The molecule has 3 aromatic carbocycles. The van der Waals surface area contributed by atoms with Crippen molar-refractivity contribution >= 4 is 28.3 Å². The lowest BCUT2D eigenvalue weighted by atomic mass is 10.0. The Morgan fingerprint density at radius 2 is 1.69 bits per heavy atom. The van der Waals surface area contributed by atoms with E-state index in [2.05, 4.69) is 27.6 Å². The topological polar surface area (TPSA) is 40.7 Å². The van der Waals surface area contributed by atoms with Gasteiger partial charge in [-0.15, -0.1) is 0 Å². The van der Waals surface area contributed by atoms with Crippen molar-refractivity contribution in [2.75, 3.05) is 11.9 Å². The lowest BCUT2D eigenvalue weighted by molar-refractivity contribution is 0.637. The third kappa shape index (κ3) is 3.16. The number of aromatic amines is 1. The molecule has 0 spiro atoms. The number of aromatic nitrogens is 2. The summed E-state index contributed by atoms with van der Waals surface area (Å²) in [6.07, 6.45) is 0.858. The summed E-state index contributed by atoms with van der Waals surface area (Å²) in [6, 6.07) is 21.6. The van der Waals surface area contributed by atoms with Crippen LogP contribution in [0.25, 0.3) is 22.0 Å². The van der Waals surface area contributed by atoms with Crippen molar-refractivity contribution in [1.29, 1.82) is 0 Å². The molecule has 0 aliphatic carbocycles. The van der Waals surface area contributed by atoms with Crippen LogP contribution in [0.5, 0.6) is 0 Å². The van der Waals surface area contributed by atoms with Crippen molar-refractivity contribution < 1.29 is 4.39 Å². The van der Waals surface area contributed by atoms with Crippen LogP contribution in [-0.4, -0.2) is 16.7 Å². The zero-order chi connectivity index (χ0) is 17.9. The van der Waals surface area contributed by atoms with Gasteiger partial charge in [0, 0.05) is 17.5 Å². The van der Waals surface area contributed by atoms with Gasteiger partial charge in [-0.05, 0) is 23.6 Å². The van der Waals surface area contributed by atoms with Crippen LogP contribution < -0.4 is 5.32 Å². The fourth-order valence-corrected chi connectivity index (χ4v) is 3.28. The molecule has 0 saturated heterocycles. The summed E-state index contributed by atoms with van der Waals surface area (Å²) in [5.41, 5.74) is 3.08. The molecule has 0 fully saturated rings.